The molecule has 0 spiro atoms. The zero-order chi connectivity index (χ0) is 16.8. The summed E-state index contributed by atoms with van der Waals surface area (Å²) in [6, 6.07) is 10.4. The number of para-hydroxylation sites is 1. The zero-order valence-corrected chi connectivity index (χ0v) is 13.6. The monoisotopic (exact) mass is 334 g/mol. The van der Waals surface area contributed by atoms with E-state index in [2.05, 4.69) is 0 Å². The molecule has 7 heteroatoms. The summed E-state index contributed by atoms with van der Waals surface area (Å²) in [6.45, 7) is 3.23. The van der Waals surface area contributed by atoms with Crippen LogP contribution in [0.15, 0.2) is 36.4 Å². The molecule has 1 aromatic carbocycles. The molecule has 122 valence electrons. The maximum Gasteiger partial charge on any atom is 0.317 e. The highest BCUT2D eigenvalue weighted by molar-refractivity contribution is 7.15. The lowest BCUT2D eigenvalue weighted by Crippen LogP contribution is -2.29. The van der Waals surface area contributed by atoms with Crippen molar-refractivity contribution in [3.05, 3.63) is 51.4 Å². The average Bonchev–Trinajstić information content (AvgIpc) is 2.95. The van der Waals surface area contributed by atoms with E-state index in [1.807, 2.05) is 24.0 Å². The Morgan fingerprint density at radius 3 is 2.70 bits per heavy atom. The molecular formula is C16H18N2O4S. The van der Waals surface area contributed by atoms with Crippen LogP contribution in [-0.4, -0.2) is 34.0 Å². The number of hydrogen-bond donors (Lipinski definition) is 1. The summed E-state index contributed by atoms with van der Waals surface area (Å²) >= 11 is 1.46. The third-order valence-electron chi connectivity index (χ3n) is 3.31. The lowest BCUT2D eigenvalue weighted by atomic mass is 10.1. The molecule has 1 aromatic heterocycles. The number of aliphatic carboxylic acids is 1. The number of carboxylic acids is 1. The van der Waals surface area contributed by atoms with Gasteiger partial charge in [-0.25, -0.2) is 0 Å². The number of rotatable bonds is 8. The second kappa shape index (κ2) is 7.85. The Hall–Kier alpha value is -2.25. The Kier molecular flexibility index (Phi) is 5.84. The van der Waals surface area contributed by atoms with Crippen molar-refractivity contribution < 1.29 is 14.8 Å². The molecule has 1 heterocycles. The van der Waals surface area contributed by atoms with Gasteiger partial charge in [0.25, 0.3) is 5.69 Å². The Morgan fingerprint density at radius 1 is 1.30 bits per heavy atom. The Bertz CT molecular complexity index is 699. The van der Waals surface area contributed by atoms with Crippen LogP contribution in [0, 0.1) is 10.1 Å². The van der Waals surface area contributed by atoms with Gasteiger partial charge in [0, 0.05) is 22.4 Å². The standard InChI is InChI=1S/C16H18N2O4S/c1-2-9-17(11-16(19)20)10-12-7-8-15(23-12)13-5-3-4-6-14(13)18(21)22/h3-8H,2,9-11H2,1H3,(H,19,20). The summed E-state index contributed by atoms with van der Waals surface area (Å²) in [7, 11) is 0. The molecule has 1 N–H and O–H groups in total. The smallest absolute Gasteiger partial charge is 0.317 e. The van der Waals surface area contributed by atoms with Crippen LogP contribution in [0.1, 0.15) is 18.2 Å². The van der Waals surface area contributed by atoms with Crippen LogP contribution in [0.3, 0.4) is 0 Å². The fraction of sp³-hybridized carbons (Fsp3) is 0.312. The van der Waals surface area contributed by atoms with Gasteiger partial charge in [-0.15, -0.1) is 11.3 Å². The molecule has 0 atom stereocenters. The minimum absolute atomic E-state index is 0.00738. The molecule has 0 unspecified atom stereocenters. The molecule has 0 aliphatic carbocycles. The van der Waals surface area contributed by atoms with E-state index in [1.54, 1.807) is 18.2 Å². The maximum atomic E-state index is 11.1. The van der Waals surface area contributed by atoms with Crippen molar-refractivity contribution >= 4 is 23.0 Å². The minimum atomic E-state index is -0.853. The zero-order valence-electron chi connectivity index (χ0n) is 12.8. The highest BCUT2D eigenvalue weighted by Crippen LogP contribution is 2.34. The Balaban J connectivity index is 2.20. The average molecular weight is 334 g/mol. The Labute approximate surface area is 138 Å². The summed E-state index contributed by atoms with van der Waals surface area (Å²) < 4.78 is 0. The van der Waals surface area contributed by atoms with Crippen molar-refractivity contribution in [1.82, 2.24) is 4.90 Å². The molecule has 0 aliphatic heterocycles. The third kappa shape index (κ3) is 4.61. The quantitative estimate of drug-likeness (QED) is 0.589. The van der Waals surface area contributed by atoms with Crippen LogP contribution in [0.5, 0.6) is 0 Å². The van der Waals surface area contributed by atoms with Gasteiger partial charge in [0.1, 0.15) is 0 Å². The van der Waals surface area contributed by atoms with E-state index in [1.165, 1.54) is 17.4 Å². The van der Waals surface area contributed by atoms with Crippen LogP contribution >= 0.6 is 11.3 Å². The second-order valence-electron chi connectivity index (χ2n) is 5.14. The molecule has 0 amide bonds. The van der Waals surface area contributed by atoms with Gasteiger partial charge >= 0.3 is 5.97 Å². The number of benzene rings is 1. The van der Waals surface area contributed by atoms with Crippen LogP contribution in [0.2, 0.25) is 0 Å². The fourth-order valence-electron chi connectivity index (χ4n) is 2.39. The highest BCUT2D eigenvalue weighted by atomic mass is 32.1. The van der Waals surface area contributed by atoms with E-state index in [9.17, 15) is 14.9 Å². The lowest BCUT2D eigenvalue weighted by molar-refractivity contribution is -0.384. The van der Waals surface area contributed by atoms with E-state index >= 15 is 0 Å². The first-order valence-corrected chi connectivity index (χ1v) is 8.09. The second-order valence-corrected chi connectivity index (χ2v) is 6.31. The molecular weight excluding hydrogens is 316 g/mol. The van der Waals surface area contributed by atoms with Gasteiger partial charge in [0.05, 0.1) is 17.0 Å². The van der Waals surface area contributed by atoms with Crippen LogP contribution in [-0.2, 0) is 11.3 Å². The van der Waals surface area contributed by atoms with Gasteiger partial charge in [-0.3, -0.25) is 19.8 Å². The summed E-state index contributed by atoms with van der Waals surface area (Å²) in [5.41, 5.74) is 0.672. The first-order chi connectivity index (χ1) is 11.0. The molecule has 0 saturated carbocycles. The lowest BCUT2D eigenvalue weighted by Gasteiger charge is -2.18. The maximum absolute atomic E-state index is 11.1. The fourth-order valence-corrected chi connectivity index (χ4v) is 3.48. The summed E-state index contributed by atoms with van der Waals surface area (Å²) in [5.74, 6) is -0.853. The van der Waals surface area contributed by atoms with E-state index in [0.29, 0.717) is 18.7 Å². The predicted octanol–water partition coefficient (Wildman–Crippen LogP) is 3.62. The first kappa shape index (κ1) is 17.1. The molecule has 0 aliphatic rings. The molecule has 0 saturated heterocycles. The van der Waals surface area contributed by atoms with Crippen LogP contribution in [0.4, 0.5) is 5.69 Å². The van der Waals surface area contributed by atoms with Crippen molar-refractivity contribution in [3.8, 4) is 10.4 Å². The molecule has 2 rings (SSSR count). The van der Waals surface area contributed by atoms with Crippen LogP contribution < -0.4 is 0 Å². The third-order valence-corrected chi connectivity index (χ3v) is 4.41. The van der Waals surface area contributed by atoms with Gasteiger partial charge in [0.2, 0.25) is 0 Å². The van der Waals surface area contributed by atoms with Crippen molar-refractivity contribution in [1.29, 1.82) is 0 Å². The molecule has 23 heavy (non-hydrogen) atoms. The Morgan fingerprint density at radius 2 is 2.04 bits per heavy atom. The molecule has 2 aromatic rings. The van der Waals surface area contributed by atoms with Gasteiger partial charge < -0.3 is 5.11 Å². The molecule has 6 nitrogen and oxygen atoms in total. The van der Waals surface area contributed by atoms with Crippen molar-refractivity contribution in [3.63, 3.8) is 0 Å². The normalized spacial score (nSPS) is 10.9. The van der Waals surface area contributed by atoms with Crippen molar-refractivity contribution in [2.75, 3.05) is 13.1 Å². The summed E-state index contributed by atoms with van der Waals surface area (Å²) in [4.78, 5) is 25.3. The summed E-state index contributed by atoms with van der Waals surface area (Å²) in [5, 5.41) is 20.1. The number of carbonyl (C=O) groups is 1. The van der Waals surface area contributed by atoms with Gasteiger partial charge in [-0.05, 0) is 31.2 Å². The minimum Gasteiger partial charge on any atom is -0.480 e. The van der Waals surface area contributed by atoms with E-state index in [-0.39, 0.29) is 17.2 Å². The predicted molar refractivity (Wildman–Crippen MR) is 89.6 cm³/mol. The first-order valence-electron chi connectivity index (χ1n) is 7.28. The number of nitro benzene ring substituents is 1. The summed E-state index contributed by atoms with van der Waals surface area (Å²) in [6.07, 6.45) is 0.871. The van der Waals surface area contributed by atoms with E-state index < -0.39 is 5.97 Å². The van der Waals surface area contributed by atoms with Crippen molar-refractivity contribution in [2.45, 2.75) is 19.9 Å². The van der Waals surface area contributed by atoms with Crippen molar-refractivity contribution in [2.24, 2.45) is 0 Å². The van der Waals surface area contributed by atoms with Crippen LogP contribution in [0.25, 0.3) is 10.4 Å². The van der Waals surface area contributed by atoms with Gasteiger partial charge in [-0.1, -0.05) is 19.1 Å². The van der Waals surface area contributed by atoms with E-state index in [4.69, 9.17) is 5.11 Å². The number of nitrogens with zero attached hydrogens (tertiary/aromatic N) is 2. The largest absolute Gasteiger partial charge is 0.480 e. The number of thiophene rings is 1. The molecule has 0 bridgehead atoms. The van der Waals surface area contributed by atoms with E-state index in [0.717, 1.165) is 16.2 Å². The molecule has 0 radical (unpaired) electrons. The topological polar surface area (TPSA) is 83.7 Å². The highest BCUT2D eigenvalue weighted by Gasteiger charge is 2.17. The SMILES string of the molecule is CCCN(CC(=O)O)Cc1ccc(-c2ccccc2[N+](=O)[O-])s1. The number of hydrogen-bond acceptors (Lipinski definition) is 5. The van der Waals surface area contributed by atoms with Gasteiger partial charge in [-0.2, -0.15) is 0 Å². The number of nitro groups is 1. The molecule has 0 fully saturated rings. The number of carboxylic acid groups (broad SMARTS) is 1. The van der Waals surface area contributed by atoms with Gasteiger partial charge in [0.15, 0.2) is 0 Å².